The average Bonchev–Trinajstić information content (AvgIpc) is 2.92. The molecule has 5 heteroatoms. The van der Waals surface area contributed by atoms with Crippen LogP contribution in [0.25, 0.3) is 0 Å². The molecule has 0 radical (unpaired) electrons. The molecule has 0 saturated heterocycles. The van der Waals surface area contributed by atoms with Gasteiger partial charge in [-0.25, -0.2) is 0 Å². The highest BCUT2D eigenvalue weighted by Gasteiger charge is 2.14. The summed E-state index contributed by atoms with van der Waals surface area (Å²) in [5, 5.41) is 14.3. The maximum Gasteiger partial charge on any atom is 0.272 e. The molecule has 20 heavy (non-hydrogen) atoms. The van der Waals surface area contributed by atoms with Gasteiger partial charge in [0.1, 0.15) is 5.76 Å². The van der Waals surface area contributed by atoms with Crippen molar-refractivity contribution in [1.29, 1.82) is 0 Å². The van der Waals surface area contributed by atoms with Crippen LogP contribution in [0.5, 0.6) is 0 Å². The molecule has 106 valence electrons. The van der Waals surface area contributed by atoms with Gasteiger partial charge in [-0.05, 0) is 31.5 Å². The molecule has 1 heterocycles. The van der Waals surface area contributed by atoms with Crippen molar-refractivity contribution in [2.45, 2.75) is 26.3 Å². The minimum Gasteiger partial charge on any atom is -0.469 e. The van der Waals surface area contributed by atoms with Crippen molar-refractivity contribution in [3.05, 3.63) is 63.6 Å². The summed E-state index contributed by atoms with van der Waals surface area (Å²) in [5.74, 6) is 0.930. The van der Waals surface area contributed by atoms with Crippen LogP contribution in [0.15, 0.2) is 41.0 Å². The first kappa shape index (κ1) is 14.3. The molecule has 1 N–H and O–H groups in total. The smallest absolute Gasteiger partial charge is 0.272 e. The number of aryl methyl sites for hydroxylation is 1. The lowest BCUT2D eigenvalue weighted by molar-refractivity contribution is -0.385. The third kappa shape index (κ3) is 3.45. The predicted molar refractivity (Wildman–Crippen MR) is 76.7 cm³/mol. The van der Waals surface area contributed by atoms with Gasteiger partial charge in [0, 0.05) is 30.6 Å². The van der Waals surface area contributed by atoms with E-state index in [-0.39, 0.29) is 16.7 Å². The van der Waals surface area contributed by atoms with Crippen molar-refractivity contribution in [3.8, 4) is 0 Å². The highest BCUT2D eigenvalue weighted by atomic mass is 16.6. The summed E-state index contributed by atoms with van der Waals surface area (Å²) in [6.07, 6.45) is 2.45. The Hall–Kier alpha value is -2.14. The Bertz CT molecular complexity index is 579. The Morgan fingerprint density at radius 2 is 2.20 bits per heavy atom. The minimum atomic E-state index is -0.339. The number of nitro benzene ring substituents is 1. The number of rotatable bonds is 6. The fraction of sp³-hybridized carbons (Fsp3) is 0.333. The topological polar surface area (TPSA) is 68.3 Å². The average molecular weight is 274 g/mol. The second-order valence-corrected chi connectivity index (χ2v) is 4.81. The minimum absolute atomic E-state index is 0.0595. The molecule has 2 aromatic rings. The van der Waals surface area contributed by atoms with Gasteiger partial charge in [0.2, 0.25) is 0 Å². The Labute approximate surface area is 117 Å². The zero-order valence-electron chi connectivity index (χ0n) is 11.6. The fourth-order valence-electron chi connectivity index (χ4n) is 2.08. The summed E-state index contributed by atoms with van der Waals surface area (Å²) in [4.78, 5) is 10.6. The van der Waals surface area contributed by atoms with E-state index in [9.17, 15) is 10.1 Å². The molecule has 1 atom stereocenters. The number of nitrogens with zero attached hydrogens (tertiary/aromatic N) is 1. The normalized spacial score (nSPS) is 12.3. The van der Waals surface area contributed by atoms with E-state index in [4.69, 9.17) is 4.42 Å². The van der Waals surface area contributed by atoms with E-state index in [0.29, 0.717) is 5.56 Å². The Balaban J connectivity index is 1.96. The first-order valence-corrected chi connectivity index (χ1v) is 6.58. The molecule has 5 nitrogen and oxygen atoms in total. The molecule has 0 aliphatic carbocycles. The van der Waals surface area contributed by atoms with Crippen molar-refractivity contribution in [2.24, 2.45) is 0 Å². The monoisotopic (exact) mass is 274 g/mol. The van der Waals surface area contributed by atoms with Crippen LogP contribution in [0.2, 0.25) is 0 Å². The van der Waals surface area contributed by atoms with Gasteiger partial charge in [-0.3, -0.25) is 10.1 Å². The van der Waals surface area contributed by atoms with Crippen molar-refractivity contribution < 1.29 is 9.34 Å². The van der Waals surface area contributed by atoms with Gasteiger partial charge in [0.05, 0.1) is 11.2 Å². The molecule has 2 rings (SSSR count). The van der Waals surface area contributed by atoms with Gasteiger partial charge in [-0.2, -0.15) is 0 Å². The third-order valence-electron chi connectivity index (χ3n) is 3.33. The van der Waals surface area contributed by atoms with Gasteiger partial charge in [0.25, 0.3) is 5.69 Å². The zero-order valence-corrected chi connectivity index (χ0v) is 11.6. The predicted octanol–water partition coefficient (Wildman–Crippen LogP) is 3.39. The fourth-order valence-corrected chi connectivity index (χ4v) is 2.08. The highest BCUT2D eigenvalue weighted by molar-refractivity contribution is 5.43. The van der Waals surface area contributed by atoms with Crippen LogP contribution in [-0.2, 0) is 6.42 Å². The Morgan fingerprint density at radius 3 is 2.85 bits per heavy atom. The van der Waals surface area contributed by atoms with Gasteiger partial charge in [-0.15, -0.1) is 0 Å². The number of nitro groups is 1. The lowest BCUT2D eigenvalue weighted by Gasteiger charge is -2.14. The lowest BCUT2D eigenvalue weighted by atomic mass is 10.0. The molecule has 0 saturated carbocycles. The number of hydrogen-bond acceptors (Lipinski definition) is 4. The number of benzene rings is 1. The van der Waals surface area contributed by atoms with E-state index < -0.39 is 0 Å². The molecule has 0 aliphatic rings. The summed E-state index contributed by atoms with van der Waals surface area (Å²) >= 11 is 0. The Kier molecular flexibility index (Phi) is 4.53. The molecule has 0 aliphatic heterocycles. The van der Waals surface area contributed by atoms with Crippen LogP contribution in [0.4, 0.5) is 5.69 Å². The summed E-state index contributed by atoms with van der Waals surface area (Å²) in [7, 11) is 0. The molecule has 0 spiro atoms. The molecular weight excluding hydrogens is 256 g/mol. The van der Waals surface area contributed by atoms with E-state index >= 15 is 0 Å². The number of furan rings is 1. The second-order valence-electron chi connectivity index (χ2n) is 4.81. The van der Waals surface area contributed by atoms with Crippen LogP contribution in [0.1, 0.15) is 29.9 Å². The van der Waals surface area contributed by atoms with Gasteiger partial charge >= 0.3 is 0 Å². The molecule has 1 unspecified atom stereocenters. The molecule has 0 fully saturated rings. The van der Waals surface area contributed by atoms with Crippen LogP contribution in [0, 0.1) is 17.0 Å². The van der Waals surface area contributed by atoms with Crippen LogP contribution < -0.4 is 5.32 Å². The number of nitrogens with one attached hydrogen (secondary N) is 1. The van der Waals surface area contributed by atoms with Gasteiger partial charge < -0.3 is 9.73 Å². The first-order chi connectivity index (χ1) is 9.58. The van der Waals surface area contributed by atoms with Gasteiger partial charge in [-0.1, -0.05) is 12.1 Å². The van der Waals surface area contributed by atoms with E-state index in [0.717, 1.165) is 24.3 Å². The lowest BCUT2D eigenvalue weighted by Crippen LogP contribution is -2.21. The van der Waals surface area contributed by atoms with E-state index in [1.54, 1.807) is 25.3 Å². The molecule has 0 amide bonds. The summed E-state index contributed by atoms with van der Waals surface area (Å²) in [6, 6.07) is 9.21. The summed E-state index contributed by atoms with van der Waals surface area (Å²) in [6.45, 7) is 4.50. The van der Waals surface area contributed by atoms with E-state index in [1.807, 2.05) is 25.1 Å². The molecular formula is C15H18N2O3. The summed E-state index contributed by atoms with van der Waals surface area (Å²) < 4.78 is 5.26. The van der Waals surface area contributed by atoms with E-state index in [2.05, 4.69) is 5.32 Å². The van der Waals surface area contributed by atoms with Crippen LogP contribution >= 0.6 is 0 Å². The van der Waals surface area contributed by atoms with Crippen molar-refractivity contribution in [3.63, 3.8) is 0 Å². The second kappa shape index (κ2) is 6.34. The number of hydrogen-bond donors (Lipinski definition) is 1. The quantitative estimate of drug-likeness (QED) is 0.647. The van der Waals surface area contributed by atoms with E-state index in [1.165, 1.54) is 0 Å². The Morgan fingerprint density at radius 1 is 1.40 bits per heavy atom. The largest absolute Gasteiger partial charge is 0.469 e. The van der Waals surface area contributed by atoms with Crippen molar-refractivity contribution in [1.82, 2.24) is 5.32 Å². The standard InChI is InChI=1S/C15H18N2O3/c1-11-5-6-13(10-15(11)17(18)19)12(2)16-8-7-14-4-3-9-20-14/h3-6,9-10,12,16H,7-8H2,1-2H3. The van der Waals surface area contributed by atoms with Gasteiger partial charge in [0.15, 0.2) is 0 Å². The first-order valence-electron chi connectivity index (χ1n) is 6.58. The highest BCUT2D eigenvalue weighted by Crippen LogP contribution is 2.23. The van der Waals surface area contributed by atoms with Crippen molar-refractivity contribution in [2.75, 3.05) is 6.54 Å². The van der Waals surface area contributed by atoms with Crippen molar-refractivity contribution >= 4 is 5.69 Å². The zero-order chi connectivity index (χ0) is 14.5. The SMILES string of the molecule is Cc1ccc(C(C)NCCc2ccco2)cc1[N+](=O)[O-]. The third-order valence-corrected chi connectivity index (χ3v) is 3.33. The maximum absolute atomic E-state index is 10.9. The summed E-state index contributed by atoms with van der Waals surface area (Å²) in [5.41, 5.74) is 1.77. The molecule has 1 aromatic carbocycles. The molecule has 1 aromatic heterocycles. The van der Waals surface area contributed by atoms with Crippen LogP contribution in [0.3, 0.4) is 0 Å². The van der Waals surface area contributed by atoms with Crippen LogP contribution in [-0.4, -0.2) is 11.5 Å². The maximum atomic E-state index is 10.9. The molecule has 0 bridgehead atoms.